The third-order valence-electron chi connectivity index (χ3n) is 3.05. The molecule has 0 aliphatic rings. The first-order chi connectivity index (χ1) is 11.0. The van der Waals surface area contributed by atoms with Crippen LogP contribution in [0.2, 0.25) is 0 Å². The summed E-state index contributed by atoms with van der Waals surface area (Å²) in [5.74, 6) is 0.264. The van der Waals surface area contributed by atoms with E-state index in [9.17, 15) is 13.2 Å². The van der Waals surface area contributed by atoms with Crippen molar-refractivity contribution in [2.24, 2.45) is 0 Å². The van der Waals surface area contributed by atoms with Crippen LogP contribution in [0, 0.1) is 0 Å². The van der Waals surface area contributed by atoms with E-state index in [1.54, 1.807) is 6.07 Å². The van der Waals surface area contributed by atoms with E-state index < -0.39 is 11.7 Å². The molecule has 0 atom stereocenters. The zero-order valence-electron chi connectivity index (χ0n) is 11.7. The fraction of sp³-hybridized carbons (Fsp3) is 0.125. The third-order valence-corrected chi connectivity index (χ3v) is 3.05. The standard InChI is InChI=1S/C16H11F3N2O2/c17-16(18,19)12-6-7-20-15(8-12)22-10-13-9-14(21-23-13)11-4-2-1-3-5-11/h1-9H,10H2. The summed E-state index contributed by atoms with van der Waals surface area (Å²) in [5.41, 5.74) is 0.686. The van der Waals surface area contributed by atoms with Crippen LogP contribution in [-0.4, -0.2) is 10.1 Å². The normalized spacial score (nSPS) is 11.4. The van der Waals surface area contributed by atoms with E-state index in [2.05, 4.69) is 10.1 Å². The first kappa shape index (κ1) is 15.1. The van der Waals surface area contributed by atoms with Gasteiger partial charge in [0, 0.05) is 23.9 Å². The molecule has 4 nitrogen and oxygen atoms in total. The first-order valence-electron chi connectivity index (χ1n) is 6.69. The number of nitrogens with zero attached hydrogens (tertiary/aromatic N) is 2. The van der Waals surface area contributed by atoms with Gasteiger partial charge in [0.2, 0.25) is 5.88 Å². The highest BCUT2D eigenvalue weighted by Crippen LogP contribution is 2.30. The van der Waals surface area contributed by atoms with Crippen molar-refractivity contribution in [3.05, 3.63) is 66.1 Å². The predicted molar refractivity (Wildman–Crippen MR) is 75.5 cm³/mol. The van der Waals surface area contributed by atoms with Crippen LogP contribution in [0.3, 0.4) is 0 Å². The van der Waals surface area contributed by atoms with Gasteiger partial charge in [-0.3, -0.25) is 0 Å². The van der Waals surface area contributed by atoms with Crippen molar-refractivity contribution in [2.45, 2.75) is 12.8 Å². The Hall–Kier alpha value is -2.83. The van der Waals surface area contributed by atoms with Crippen LogP contribution in [0.15, 0.2) is 59.3 Å². The summed E-state index contributed by atoms with van der Waals surface area (Å²) in [5, 5.41) is 3.90. The summed E-state index contributed by atoms with van der Waals surface area (Å²) in [6, 6.07) is 12.8. The fourth-order valence-corrected chi connectivity index (χ4v) is 1.94. The van der Waals surface area contributed by atoms with Gasteiger partial charge in [-0.1, -0.05) is 35.5 Å². The SMILES string of the molecule is FC(F)(F)c1ccnc(OCc2cc(-c3ccccc3)no2)c1. The third kappa shape index (κ3) is 3.68. The molecule has 2 heterocycles. The Labute approximate surface area is 129 Å². The van der Waals surface area contributed by atoms with Gasteiger partial charge >= 0.3 is 6.18 Å². The summed E-state index contributed by atoms with van der Waals surface area (Å²) in [6.07, 6.45) is -3.39. The summed E-state index contributed by atoms with van der Waals surface area (Å²) < 4.78 is 48.2. The van der Waals surface area contributed by atoms with Crippen LogP contribution in [0.25, 0.3) is 11.3 Å². The van der Waals surface area contributed by atoms with Gasteiger partial charge in [0.1, 0.15) is 5.69 Å². The molecule has 0 unspecified atom stereocenters. The maximum atomic E-state index is 12.6. The second-order valence-corrected chi connectivity index (χ2v) is 4.71. The van der Waals surface area contributed by atoms with Crippen LogP contribution in [0.1, 0.15) is 11.3 Å². The largest absolute Gasteiger partial charge is 0.469 e. The fourth-order valence-electron chi connectivity index (χ4n) is 1.94. The number of halogens is 3. The molecule has 0 fully saturated rings. The minimum Gasteiger partial charge on any atom is -0.469 e. The van der Waals surface area contributed by atoms with Gasteiger partial charge in [0.05, 0.1) is 5.56 Å². The van der Waals surface area contributed by atoms with Crippen LogP contribution in [0.5, 0.6) is 5.88 Å². The molecule has 0 saturated heterocycles. The van der Waals surface area contributed by atoms with E-state index in [0.717, 1.165) is 23.9 Å². The van der Waals surface area contributed by atoms with Crippen molar-refractivity contribution < 1.29 is 22.4 Å². The van der Waals surface area contributed by atoms with Gasteiger partial charge in [-0.15, -0.1) is 0 Å². The molecule has 0 saturated carbocycles. The van der Waals surface area contributed by atoms with E-state index in [1.165, 1.54) is 0 Å². The molecular weight excluding hydrogens is 309 g/mol. The minimum atomic E-state index is -4.44. The average Bonchev–Trinajstić information content (AvgIpc) is 3.02. The molecule has 7 heteroatoms. The first-order valence-corrected chi connectivity index (χ1v) is 6.69. The molecule has 0 aliphatic carbocycles. The number of aromatic nitrogens is 2. The number of hydrogen-bond acceptors (Lipinski definition) is 4. The molecule has 0 aliphatic heterocycles. The van der Waals surface area contributed by atoms with Crippen LogP contribution in [0.4, 0.5) is 13.2 Å². The summed E-state index contributed by atoms with van der Waals surface area (Å²) in [6.45, 7) is -0.0614. The Morgan fingerprint density at radius 3 is 2.57 bits per heavy atom. The lowest BCUT2D eigenvalue weighted by Gasteiger charge is -2.08. The van der Waals surface area contributed by atoms with Gasteiger partial charge in [-0.2, -0.15) is 13.2 Å². The number of benzene rings is 1. The molecule has 23 heavy (non-hydrogen) atoms. The maximum absolute atomic E-state index is 12.6. The lowest BCUT2D eigenvalue weighted by Crippen LogP contribution is -2.06. The predicted octanol–water partition coefficient (Wildman–Crippen LogP) is 4.33. The quantitative estimate of drug-likeness (QED) is 0.718. The van der Waals surface area contributed by atoms with E-state index in [-0.39, 0.29) is 12.5 Å². The zero-order valence-corrected chi connectivity index (χ0v) is 11.7. The van der Waals surface area contributed by atoms with Crippen molar-refractivity contribution >= 4 is 0 Å². The zero-order chi connectivity index (χ0) is 16.3. The van der Waals surface area contributed by atoms with Crippen molar-refractivity contribution in [1.82, 2.24) is 10.1 Å². The Balaban J connectivity index is 1.69. The second kappa shape index (κ2) is 6.12. The number of rotatable bonds is 4. The highest BCUT2D eigenvalue weighted by atomic mass is 19.4. The molecule has 1 aromatic carbocycles. The molecule has 0 radical (unpaired) electrons. The highest BCUT2D eigenvalue weighted by Gasteiger charge is 2.31. The Bertz CT molecular complexity index is 785. The van der Waals surface area contributed by atoms with Crippen LogP contribution in [-0.2, 0) is 12.8 Å². The topological polar surface area (TPSA) is 48.2 Å². The summed E-state index contributed by atoms with van der Waals surface area (Å²) in [4.78, 5) is 3.75. The van der Waals surface area contributed by atoms with Gasteiger partial charge in [-0.25, -0.2) is 4.98 Å². The smallest absolute Gasteiger partial charge is 0.416 e. The molecule has 2 aromatic heterocycles. The lowest BCUT2D eigenvalue weighted by atomic mass is 10.1. The number of pyridine rings is 1. The van der Waals surface area contributed by atoms with E-state index >= 15 is 0 Å². The number of alkyl halides is 3. The monoisotopic (exact) mass is 320 g/mol. The average molecular weight is 320 g/mol. The second-order valence-electron chi connectivity index (χ2n) is 4.71. The van der Waals surface area contributed by atoms with Crippen molar-refractivity contribution in [3.63, 3.8) is 0 Å². The number of ether oxygens (including phenoxy) is 1. The van der Waals surface area contributed by atoms with Crippen molar-refractivity contribution in [3.8, 4) is 17.1 Å². The molecule has 3 aromatic rings. The Kier molecular flexibility index (Phi) is 4.01. The molecular formula is C16H11F3N2O2. The van der Waals surface area contributed by atoms with Crippen molar-refractivity contribution in [2.75, 3.05) is 0 Å². The molecule has 3 rings (SSSR count). The maximum Gasteiger partial charge on any atom is 0.416 e. The van der Waals surface area contributed by atoms with Gasteiger partial charge in [-0.05, 0) is 6.07 Å². The van der Waals surface area contributed by atoms with Gasteiger partial charge in [0.25, 0.3) is 0 Å². The summed E-state index contributed by atoms with van der Waals surface area (Å²) in [7, 11) is 0. The van der Waals surface area contributed by atoms with E-state index in [1.807, 2.05) is 30.3 Å². The van der Waals surface area contributed by atoms with Crippen LogP contribution < -0.4 is 4.74 Å². The molecule has 0 amide bonds. The highest BCUT2D eigenvalue weighted by molar-refractivity contribution is 5.58. The molecule has 0 spiro atoms. The van der Waals surface area contributed by atoms with E-state index in [0.29, 0.717) is 11.5 Å². The van der Waals surface area contributed by atoms with Crippen molar-refractivity contribution in [1.29, 1.82) is 0 Å². The Morgan fingerprint density at radius 2 is 1.83 bits per heavy atom. The molecule has 0 N–H and O–H groups in total. The molecule has 118 valence electrons. The molecule has 0 bridgehead atoms. The minimum absolute atomic E-state index is 0.0614. The number of hydrogen-bond donors (Lipinski definition) is 0. The Morgan fingerprint density at radius 1 is 1.04 bits per heavy atom. The summed E-state index contributed by atoms with van der Waals surface area (Å²) >= 11 is 0. The lowest BCUT2D eigenvalue weighted by molar-refractivity contribution is -0.137. The van der Waals surface area contributed by atoms with Gasteiger partial charge in [0.15, 0.2) is 12.4 Å². The van der Waals surface area contributed by atoms with E-state index in [4.69, 9.17) is 9.26 Å². The van der Waals surface area contributed by atoms with Gasteiger partial charge < -0.3 is 9.26 Å². The van der Waals surface area contributed by atoms with Crippen LogP contribution >= 0.6 is 0 Å².